The van der Waals surface area contributed by atoms with Gasteiger partial charge in [-0.05, 0) is 43.4 Å². The zero-order chi connectivity index (χ0) is 14.9. The van der Waals surface area contributed by atoms with Crippen molar-refractivity contribution in [2.75, 3.05) is 5.32 Å². The van der Waals surface area contributed by atoms with E-state index >= 15 is 0 Å². The molecule has 1 aliphatic carbocycles. The number of nitrogens with zero attached hydrogens (tertiary/aromatic N) is 2. The Morgan fingerprint density at radius 1 is 1.09 bits per heavy atom. The van der Waals surface area contributed by atoms with Crippen LogP contribution in [0.25, 0.3) is 10.2 Å². The maximum Gasteiger partial charge on any atom is 0.275 e. The van der Waals surface area contributed by atoms with Crippen molar-refractivity contribution in [3.8, 4) is 0 Å². The van der Waals surface area contributed by atoms with Crippen LogP contribution in [0.15, 0.2) is 36.7 Å². The largest absolute Gasteiger partial charge is 0.321 e. The lowest BCUT2D eigenvalue weighted by atomic mass is 9.96. The van der Waals surface area contributed by atoms with Crippen molar-refractivity contribution in [2.24, 2.45) is 0 Å². The van der Waals surface area contributed by atoms with Gasteiger partial charge in [0, 0.05) is 16.0 Å². The molecular formula is C17H15N3OS. The summed E-state index contributed by atoms with van der Waals surface area (Å²) in [5.74, 6) is -0.162. The molecule has 0 atom stereocenters. The van der Waals surface area contributed by atoms with Crippen LogP contribution in [0.1, 0.15) is 33.8 Å². The van der Waals surface area contributed by atoms with E-state index in [1.807, 2.05) is 30.3 Å². The van der Waals surface area contributed by atoms with Gasteiger partial charge < -0.3 is 5.32 Å². The van der Waals surface area contributed by atoms with E-state index in [0.29, 0.717) is 5.69 Å². The summed E-state index contributed by atoms with van der Waals surface area (Å²) in [7, 11) is 0. The molecule has 1 aliphatic rings. The summed E-state index contributed by atoms with van der Waals surface area (Å²) in [5.41, 5.74) is 2.56. The second kappa shape index (κ2) is 5.50. The van der Waals surface area contributed by atoms with Gasteiger partial charge in [0.05, 0.1) is 0 Å². The Balaban J connectivity index is 1.78. The van der Waals surface area contributed by atoms with Gasteiger partial charge >= 0.3 is 0 Å². The van der Waals surface area contributed by atoms with Gasteiger partial charge in [-0.25, -0.2) is 9.97 Å². The van der Waals surface area contributed by atoms with Gasteiger partial charge in [-0.1, -0.05) is 18.2 Å². The summed E-state index contributed by atoms with van der Waals surface area (Å²) >= 11 is 1.71. The normalized spacial score (nSPS) is 13.8. The first kappa shape index (κ1) is 13.4. The van der Waals surface area contributed by atoms with Crippen molar-refractivity contribution in [2.45, 2.75) is 25.7 Å². The minimum Gasteiger partial charge on any atom is -0.321 e. The van der Waals surface area contributed by atoms with Crippen LogP contribution in [0.2, 0.25) is 0 Å². The fraction of sp³-hybridized carbons (Fsp3) is 0.235. The Hall–Kier alpha value is -2.27. The van der Waals surface area contributed by atoms with Crippen LogP contribution < -0.4 is 5.32 Å². The van der Waals surface area contributed by atoms with Crippen molar-refractivity contribution < 1.29 is 4.79 Å². The zero-order valence-corrected chi connectivity index (χ0v) is 12.8. The molecule has 1 aromatic carbocycles. The summed E-state index contributed by atoms with van der Waals surface area (Å²) < 4.78 is 0. The van der Waals surface area contributed by atoms with E-state index in [1.54, 1.807) is 11.3 Å². The van der Waals surface area contributed by atoms with E-state index in [9.17, 15) is 4.79 Å². The molecule has 5 heteroatoms. The van der Waals surface area contributed by atoms with Crippen LogP contribution in [-0.2, 0) is 12.8 Å². The van der Waals surface area contributed by atoms with Crippen LogP contribution >= 0.6 is 11.3 Å². The highest BCUT2D eigenvalue weighted by Gasteiger charge is 2.22. The van der Waals surface area contributed by atoms with Crippen molar-refractivity contribution in [1.82, 2.24) is 9.97 Å². The molecule has 0 unspecified atom stereocenters. The number of aromatic nitrogens is 2. The van der Waals surface area contributed by atoms with Gasteiger partial charge in [-0.15, -0.1) is 11.3 Å². The number of fused-ring (bicyclic) bond motifs is 3. The number of amides is 1. The molecule has 0 fully saturated rings. The average molecular weight is 309 g/mol. The number of rotatable bonds is 2. The molecule has 1 N–H and O–H groups in total. The third kappa shape index (κ3) is 2.27. The maximum absolute atomic E-state index is 12.6. The first-order valence-corrected chi connectivity index (χ1v) is 8.26. The highest BCUT2D eigenvalue weighted by Crippen LogP contribution is 2.36. The third-order valence-electron chi connectivity index (χ3n) is 4.00. The average Bonchev–Trinajstić information content (AvgIpc) is 2.94. The van der Waals surface area contributed by atoms with Crippen molar-refractivity contribution in [1.29, 1.82) is 0 Å². The van der Waals surface area contributed by atoms with Gasteiger partial charge in [0.25, 0.3) is 5.91 Å². The number of para-hydroxylation sites is 1. The molecule has 2 aromatic heterocycles. The monoisotopic (exact) mass is 309 g/mol. The van der Waals surface area contributed by atoms with Gasteiger partial charge in [0.1, 0.15) is 16.9 Å². The lowest BCUT2D eigenvalue weighted by molar-refractivity contribution is 0.102. The fourth-order valence-electron chi connectivity index (χ4n) is 2.97. The number of benzene rings is 1. The Morgan fingerprint density at radius 3 is 2.77 bits per heavy atom. The predicted molar refractivity (Wildman–Crippen MR) is 88.5 cm³/mol. The molecule has 0 spiro atoms. The zero-order valence-electron chi connectivity index (χ0n) is 12.0. The van der Waals surface area contributed by atoms with Crippen LogP contribution in [-0.4, -0.2) is 15.9 Å². The minimum absolute atomic E-state index is 0.162. The summed E-state index contributed by atoms with van der Waals surface area (Å²) in [6.07, 6.45) is 6.00. The van der Waals surface area contributed by atoms with E-state index in [1.165, 1.54) is 29.6 Å². The number of carbonyl (C=O) groups excluding carboxylic acids is 1. The number of anilines is 1. The summed E-state index contributed by atoms with van der Waals surface area (Å²) in [5, 5.41) is 3.88. The number of thiophene rings is 1. The fourth-order valence-corrected chi connectivity index (χ4v) is 4.20. The summed E-state index contributed by atoms with van der Waals surface area (Å²) in [6, 6.07) is 9.47. The highest BCUT2D eigenvalue weighted by molar-refractivity contribution is 7.18. The third-order valence-corrected chi connectivity index (χ3v) is 5.20. The highest BCUT2D eigenvalue weighted by atomic mass is 32.1. The summed E-state index contributed by atoms with van der Waals surface area (Å²) in [4.78, 5) is 23.5. The molecule has 4 nitrogen and oxygen atoms in total. The molecule has 0 saturated heterocycles. The van der Waals surface area contributed by atoms with Crippen molar-refractivity contribution >= 4 is 33.1 Å². The van der Waals surface area contributed by atoms with E-state index < -0.39 is 0 Å². The molecule has 2 heterocycles. The lowest BCUT2D eigenvalue weighted by Gasteiger charge is -2.11. The topological polar surface area (TPSA) is 54.9 Å². The molecule has 4 rings (SSSR count). The van der Waals surface area contributed by atoms with Crippen LogP contribution in [0.5, 0.6) is 0 Å². The van der Waals surface area contributed by atoms with Gasteiger partial charge in [0.15, 0.2) is 0 Å². The molecule has 22 heavy (non-hydrogen) atoms. The van der Waals surface area contributed by atoms with Crippen LogP contribution in [0.3, 0.4) is 0 Å². The molecule has 0 aliphatic heterocycles. The molecular weight excluding hydrogens is 294 g/mol. The first-order valence-electron chi connectivity index (χ1n) is 7.44. The van der Waals surface area contributed by atoms with E-state index in [2.05, 4.69) is 15.3 Å². The Morgan fingerprint density at radius 2 is 1.91 bits per heavy atom. The van der Waals surface area contributed by atoms with E-state index in [4.69, 9.17) is 0 Å². The Kier molecular flexibility index (Phi) is 3.35. The van der Waals surface area contributed by atoms with Crippen molar-refractivity contribution in [3.05, 3.63) is 52.8 Å². The van der Waals surface area contributed by atoms with Crippen LogP contribution in [0.4, 0.5) is 5.69 Å². The predicted octanol–water partition coefficient (Wildman–Crippen LogP) is 3.82. The molecule has 0 radical (unpaired) electrons. The quantitative estimate of drug-likeness (QED) is 0.783. The molecule has 3 aromatic rings. The number of aryl methyl sites for hydroxylation is 2. The number of carbonyl (C=O) groups is 1. The number of hydrogen-bond donors (Lipinski definition) is 1. The second-order valence-corrected chi connectivity index (χ2v) is 6.52. The number of hydrogen-bond acceptors (Lipinski definition) is 4. The first-order chi connectivity index (χ1) is 10.8. The molecule has 0 saturated carbocycles. The smallest absolute Gasteiger partial charge is 0.275 e. The van der Waals surface area contributed by atoms with Crippen molar-refractivity contribution in [3.63, 3.8) is 0 Å². The summed E-state index contributed by atoms with van der Waals surface area (Å²) in [6.45, 7) is 0. The van der Waals surface area contributed by atoms with E-state index in [-0.39, 0.29) is 5.91 Å². The van der Waals surface area contributed by atoms with Crippen LogP contribution in [0, 0.1) is 0 Å². The Labute approximate surface area is 132 Å². The SMILES string of the molecule is O=C(Nc1ccccc1)c1ncnc2sc3c(c12)CCCC3. The van der Waals surface area contributed by atoms with Gasteiger partial charge in [0.2, 0.25) is 0 Å². The maximum atomic E-state index is 12.6. The van der Waals surface area contributed by atoms with Gasteiger partial charge in [-0.2, -0.15) is 0 Å². The standard InChI is InChI=1S/C17H15N3OS/c21-16(20-11-6-2-1-3-7-11)15-14-12-8-4-5-9-13(12)22-17(14)19-10-18-15/h1-3,6-7,10H,4-5,8-9H2,(H,20,21). The number of nitrogens with one attached hydrogen (secondary N) is 1. The van der Waals surface area contributed by atoms with E-state index in [0.717, 1.165) is 28.7 Å². The lowest BCUT2D eigenvalue weighted by Crippen LogP contribution is -2.15. The molecule has 1 amide bonds. The second-order valence-electron chi connectivity index (χ2n) is 5.43. The van der Waals surface area contributed by atoms with Gasteiger partial charge in [-0.3, -0.25) is 4.79 Å². The molecule has 0 bridgehead atoms. The molecule has 110 valence electrons. The minimum atomic E-state index is -0.162. The Bertz CT molecular complexity index is 842.